The number of aryl methyl sites for hydroxylation is 1. The highest BCUT2D eigenvalue weighted by atomic mass is 32.1. The Morgan fingerprint density at radius 2 is 2.03 bits per heavy atom. The van der Waals surface area contributed by atoms with Crippen LogP contribution < -0.4 is 4.74 Å². The lowest BCUT2D eigenvalue weighted by Crippen LogP contribution is -2.23. The third-order valence-corrected chi connectivity index (χ3v) is 6.53. The molecule has 0 saturated carbocycles. The molecule has 1 aromatic carbocycles. The molecule has 0 N–H and O–H groups in total. The van der Waals surface area contributed by atoms with Crippen molar-refractivity contribution >= 4 is 22.8 Å². The van der Waals surface area contributed by atoms with E-state index < -0.39 is 0 Å². The van der Waals surface area contributed by atoms with Crippen LogP contribution in [0.15, 0.2) is 41.8 Å². The minimum atomic E-state index is 0.0337. The number of carbonyl (C=O) groups is 1. The Hall–Kier alpha value is -3.06. The number of para-hydroxylation sites is 1. The standard InChI is InChI=1S/C22H20N4O2S/c1-3-15-20(14-7-4-5-8-18(14)28-2)22-24-23-21-16(26(22)25-15)11-13(12-17(21)27)19-9-6-10-29-19/h4-10,13H,3,11-12H2,1-2H3/t13-/m0/s1. The molecular weight excluding hydrogens is 384 g/mol. The topological polar surface area (TPSA) is 69.4 Å². The van der Waals surface area contributed by atoms with E-state index in [1.807, 2.05) is 34.8 Å². The van der Waals surface area contributed by atoms with Gasteiger partial charge in [-0.25, -0.2) is 4.52 Å². The van der Waals surface area contributed by atoms with Crippen LogP contribution in [-0.2, 0) is 12.8 Å². The first-order valence-corrected chi connectivity index (χ1v) is 10.6. The Morgan fingerprint density at radius 3 is 2.79 bits per heavy atom. The molecule has 1 aliphatic carbocycles. The number of rotatable bonds is 4. The van der Waals surface area contributed by atoms with E-state index in [-0.39, 0.29) is 11.7 Å². The normalized spacial score (nSPS) is 16.2. The van der Waals surface area contributed by atoms with E-state index in [1.165, 1.54) is 4.88 Å². The van der Waals surface area contributed by atoms with Gasteiger partial charge in [-0.2, -0.15) is 5.10 Å². The second kappa shape index (κ2) is 7.08. The molecule has 146 valence electrons. The van der Waals surface area contributed by atoms with Crippen LogP contribution in [0.3, 0.4) is 0 Å². The second-order valence-electron chi connectivity index (χ2n) is 7.15. The zero-order chi connectivity index (χ0) is 20.0. The minimum Gasteiger partial charge on any atom is -0.496 e. The Kier molecular flexibility index (Phi) is 4.39. The summed E-state index contributed by atoms with van der Waals surface area (Å²) in [5.41, 5.74) is 4.74. The maximum Gasteiger partial charge on any atom is 0.185 e. The van der Waals surface area contributed by atoms with Gasteiger partial charge in [-0.3, -0.25) is 4.79 Å². The lowest BCUT2D eigenvalue weighted by Gasteiger charge is -2.21. The smallest absolute Gasteiger partial charge is 0.185 e. The molecule has 6 nitrogen and oxygen atoms in total. The van der Waals surface area contributed by atoms with Crippen LogP contribution in [0.2, 0.25) is 0 Å². The molecule has 3 heterocycles. The van der Waals surface area contributed by atoms with Crippen LogP contribution in [0.1, 0.15) is 46.0 Å². The number of benzene rings is 1. The molecule has 0 aliphatic heterocycles. The van der Waals surface area contributed by atoms with Crippen molar-refractivity contribution in [1.82, 2.24) is 19.8 Å². The lowest BCUT2D eigenvalue weighted by molar-refractivity contribution is 0.0956. The van der Waals surface area contributed by atoms with E-state index in [0.717, 1.165) is 41.1 Å². The van der Waals surface area contributed by atoms with Crippen LogP contribution in [-0.4, -0.2) is 32.7 Å². The van der Waals surface area contributed by atoms with Crippen LogP contribution in [0.4, 0.5) is 0 Å². The summed E-state index contributed by atoms with van der Waals surface area (Å²) >= 11 is 1.69. The first-order chi connectivity index (χ1) is 14.2. The molecule has 1 atom stereocenters. The number of methoxy groups -OCH3 is 1. The molecule has 0 unspecified atom stereocenters. The maximum atomic E-state index is 12.8. The van der Waals surface area contributed by atoms with Crippen LogP contribution in [0.5, 0.6) is 5.75 Å². The molecule has 0 fully saturated rings. The van der Waals surface area contributed by atoms with Crippen molar-refractivity contribution in [2.75, 3.05) is 7.11 Å². The van der Waals surface area contributed by atoms with Crippen LogP contribution in [0, 0.1) is 0 Å². The number of hydrogen-bond donors (Lipinski definition) is 0. The van der Waals surface area contributed by atoms with Gasteiger partial charge >= 0.3 is 0 Å². The predicted molar refractivity (Wildman–Crippen MR) is 112 cm³/mol. The molecule has 0 saturated heterocycles. The summed E-state index contributed by atoms with van der Waals surface area (Å²) in [4.78, 5) is 14.0. The summed E-state index contributed by atoms with van der Waals surface area (Å²) in [5.74, 6) is 0.960. The van der Waals surface area contributed by atoms with Crippen molar-refractivity contribution in [3.63, 3.8) is 0 Å². The summed E-state index contributed by atoms with van der Waals surface area (Å²) < 4.78 is 7.41. The van der Waals surface area contributed by atoms with Gasteiger partial charge in [0.05, 0.1) is 24.1 Å². The average Bonchev–Trinajstić information content (AvgIpc) is 3.41. The fourth-order valence-electron chi connectivity index (χ4n) is 4.11. The fourth-order valence-corrected chi connectivity index (χ4v) is 4.94. The van der Waals surface area contributed by atoms with Gasteiger partial charge in [-0.1, -0.05) is 31.2 Å². The number of hydrogen-bond acceptors (Lipinski definition) is 6. The quantitative estimate of drug-likeness (QED) is 0.506. The summed E-state index contributed by atoms with van der Waals surface area (Å²) in [7, 11) is 1.66. The molecule has 0 spiro atoms. The SMILES string of the molecule is CCc1nn2c3c(nnc2c1-c1ccccc1OC)C(=O)C[C@@H](c1cccs1)C3. The zero-order valence-electron chi connectivity index (χ0n) is 16.3. The molecule has 7 heteroatoms. The fraction of sp³-hybridized carbons (Fsp3) is 0.273. The average molecular weight is 404 g/mol. The van der Waals surface area contributed by atoms with E-state index in [9.17, 15) is 4.79 Å². The van der Waals surface area contributed by atoms with E-state index in [4.69, 9.17) is 9.84 Å². The Bertz CT molecular complexity index is 1210. The molecule has 4 aromatic rings. The van der Waals surface area contributed by atoms with Crippen molar-refractivity contribution in [3.05, 3.63) is 63.7 Å². The molecule has 5 rings (SSSR count). The number of ketones is 1. The number of nitrogens with zero attached hydrogens (tertiary/aromatic N) is 4. The molecule has 1 aliphatic rings. The van der Waals surface area contributed by atoms with Gasteiger partial charge in [0.15, 0.2) is 17.1 Å². The van der Waals surface area contributed by atoms with E-state index >= 15 is 0 Å². The highest BCUT2D eigenvalue weighted by Crippen LogP contribution is 2.38. The number of aromatic nitrogens is 4. The first-order valence-electron chi connectivity index (χ1n) is 9.68. The zero-order valence-corrected chi connectivity index (χ0v) is 17.1. The molecule has 0 radical (unpaired) electrons. The molecule has 29 heavy (non-hydrogen) atoms. The van der Waals surface area contributed by atoms with Crippen molar-refractivity contribution in [1.29, 1.82) is 0 Å². The number of carbonyl (C=O) groups excluding carboxylic acids is 1. The molecular formula is C22H20N4O2S. The van der Waals surface area contributed by atoms with Crippen LogP contribution >= 0.6 is 11.3 Å². The third kappa shape index (κ3) is 2.84. The van der Waals surface area contributed by atoms with Gasteiger partial charge in [0.25, 0.3) is 0 Å². The van der Waals surface area contributed by atoms with Gasteiger partial charge in [0, 0.05) is 29.2 Å². The highest BCUT2D eigenvalue weighted by molar-refractivity contribution is 7.10. The van der Waals surface area contributed by atoms with Crippen molar-refractivity contribution in [2.45, 2.75) is 32.1 Å². The van der Waals surface area contributed by atoms with Gasteiger partial charge in [0.2, 0.25) is 0 Å². The first kappa shape index (κ1) is 18.0. The molecule has 0 amide bonds. The monoisotopic (exact) mass is 404 g/mol. The lowest BCUT2D eigenvalue weighted by atomic mass is 9.87. The van der Waals surface area contributed by atoms with Crippen LogP contribution in [0.25, 0.3) is 16.8 Å². The number of thiophene rings is 1. The van der Waals surface area contributed by atoms with E-state index in [0.29, 0.717) is 17.8 Å². The van der Waals surface area contributed by atoms with Crippen molar-refractivity contribution in [2.24, 2.45) is 0 Å². The maximum absolute atomic E-state index is 12.8. The number of ether oxygens (including phenoxy) is 1. The summed E-state index contributed by atoms with van der Waals surface area (Å²) in [6.07, 6.45) is 1.94. The van der Waals surface area contributed by atoms with E-state index in [1.54, 1.807) is 18.4 Å². The van der Waals surface area contributed by atoms with Crippen molar-refractivity contribution < 1.29 is 9.53 Å². The van der Waals surface area contributed by atoms with Crippen molar-refractivity contribution in [3.8, 4) is 16.9 Å². The third-order valence-electron chi connectivity index (χ3n) is 5.50. The molecule has 3 aromatic heterocycles. The second-order valence-corrected chi connectivity index (χ2v) is 8.13. The Labute approximate surface area is 172 Å². The summed E-state index contributed by atoms with van der Waals surface area (Å²) in [6.45, 7) is 2.07. The van der Waals surface area contributed by atoms with Gasteiger partial charge in [-0.05, 0) is 23.9 Å². The minimum absolute atomic E-state index is 0.0337. The summed E-state index contributed by atoms with van der Waals surface area (Å²) in [6, 6.07) is 12.0. The van der Waals surface area contributed by atoms with Gasteiger partial charge in [-0.15, -0.1) is 21.5 Å². The summed E-state index contributed by atoms with van der Waals surface area (Å²) in [5, 5.41) is 15.7. The van der Waals surface area contributed by atoms with Gasteiger partial charge < -0.3 is 4.74 Å². The largest absolute Gasteiger partial charge is 0.496 e. The predicted octanol–water partition coefficient (Wildman–Crippen LogP) is 4.34. The van der Waals surface area contributed by atoms with E-state index in [2.05, 4.69) is 28.6 Å². The molecule has 0 bridgehead atoms. The number of fused-ring (bicyclic) bond motifs is 3. The Balaban J connectivity index is 1.73. The van der Waals surface area contributed by atoms with Gasteiger partial charge in [0.1, 0.15) is 5.75 Å². The number of Topliss-reactive ketones (excluding diaryl/α,β-unsaturated/α-hetero) is 1. The highest BCUT2D eigenvalue weighted by Gasteiger charge is 2.32. The Morgan fingerprint density at radius 1 is 1.17 bits per heavy atom.